The Morgan fingerprint density at radius 1 is 1.36 bits per heavy atom. The molecule has 2 atom stereocenters. The highest BCUT2D eigenvalue weighted by atomic mass is 16.5. The molecule has 0 aliphatic carbocycles. The third-order valence-corrected chi connectivity index (χ3v) is 2.29. The Labute approximate surface area is 69.1 Å². The minimum absolute atomic E-state index is 0.248. The first kappa shape index (κ1) is 9.01. The van der Waals surface area contributed by atoms with E-state index in [0.29, 0.717) is 12.1 Å². The van der Waals surface area contributed by atoms with Gasteiger partial charge in [-0.25, -0.2) is 0 Å². The predicted octanol–water partition coefficient (Wildman–Crippen LogP) is 1.54. The van der Waals surface area contributed by atoms with Gasteiger partial charge < -0.3 is 10.5 Å². The molecule has 1 fully saturated rings. The van der Waals surface area contributed by atoms with Gasteiger partial charge >= 0.3 is 0 Å². The third-order valence-electron chi connectivity index (χ3n) is 2.29. The second kappa shape index (κ2) is 3.11. The van der Waals surface area contributed by atoms with Gasteiger partial charge in [0.25, 0.3) is 0 Å². The normalized spacial score (nSPS) is 33.8. The maximum atomic E-state index is 5.84. The van der Waals surface area contributed by atoms with Crippen LogP contribution in [-0.4, -0.2) is 18.8 Å². The molecule has 1 heterocycles. The van der Waals surface area contributed by atoms with Crippen LogP contribution in [0.25, 0.3) is 0 Å². The summed E-state index contributed by atoms with van der Waals surface area (Å²) in [5.74, 6) is 0. The molecule has 0 amide bonds. The second-order valence-electron chi connectivity index (χ2n) is 4.51. The van der Waals surface area contributed by atoms with Crippen molar-refractivity contribution in [3.63, 3.8) is 0 Å². The smallest absolute Gasteiger partial charge is 0.0638 e. The summed E-state index contributed by atoms with van der Waals surface area (Å²) < 4.78 is 5.63. The lowest BCUT2D eigenvalue weighted by Crippen LogP contribution is -2.41. The summed E-state index contributed by atoms with van der Waals surface area (Å²) in [6.07, 6.45) is 2.39. The third kappa shape index (κ3) is 2.46. The van der Waals surface area contributed by atoms with Crippen LogP contribution < -0.4 is 5.73 Å². The number of hydrogen-bond donors (Lipinski definition) is 1. The largest absolute Gasteiger partial charge is 0.378 e. The van der Waals surface area contributed by atoms with Gasteiger partial charge in [-0.2, -0.15) is 0 Å². The lowest BCUT2D eigenvalue weighted by molar-refractivity contribution is -0.0535. The molecule has 0 radical (unpaired) electrons. The first-order valence-corrected chi connectivity index (χ1v) is 4.37. The molecule has 0 saturated carbocycles. The molecule has 0 bridgehead atoms. The van der Waals surface area contributed by atoms with E-state index in [1.807, 2.05) is 0 Å². The topological polar surface area (TPSA) is 35.2 Å². The van der Waals surface area contributed by atoms with E-state index >= 15 is 0 Å². The van der Waals surface area contributed by atoms with Crippen molar-refractivity contribution < 1.29 is 4.74 Å². The van der Waals surface area contributed by atoms with Crippen molar-refractivity contribution >= 4 is 0 Å². The number of nitrogens with two attached hydrogens (primary N) is 1. The molecule has 2 nitrogen and oxygen atoms in total. The van der Waals surface area contributed by atoms with Gasteiger partial charge in [-0.3, -0.25) is 0 Å². The van der Waals surface area contributed by atoms with Crippen LogP contribution in [0.1, 0.15) is 33.6 Å². The van der Waals surface area contributed by atoms with E-state index in [-0.39, 0.29) is 5.41 Å². The van der Waals surface area contributed by atoms with Crippen LogP contribution in [-0.2, 0) is 4.74 Å². The molecule has 0 spiro atoms. The van der Waals surface area contributed by atoms with Crippen LogP contribution in [0.4, 0.5) is 0 Å². The van der Waals surface area contributed by atoms with Gasteiger partial charge in [0.2, 0.25) is 0 Å². The molecular formula is C9H19NO. The lowest BCUT2D eigenvalue weighted by atomic mass is 9.83. The molecule has 0 aromatic carbocycles. The van der Waals surface area contributed by atoms with Crippen LogP contribution in [0.3, 0.4) is 0 Å². The van der Waals surface area contributed by atoms with Crippen molar-refractivity contribution in [2.24, 2.45) is 11.1 Å². The predicted molar refractivity (Wildman–Crippen MR) is 46.4 cm³/mol. The molecule has 0 unspecified atom stereocenters. The Balaban J connectivity index is 2.46. The lowest BCUT2D eigenvalue weighted by Gasteiger charge is -2.36. The maximum absolute atomic E-state index is 5.84. The standard InChI is InChI=1S/C9H19NO/c1-9(2,3)8-6-7(10)4-5-11-8/h7-8H,4-6,10H2,1-3H3/t7-,8-/m0/s1. The first-order valence-electron chi connectivity index (χ1n) is 4.37. The van der Waals surface area contributed by atoms with Gasteiger partial charge in [0.15, 0.2) is 0 Å². The van der Waals surface area contributed by atoms with E-state index in [2.05, 4.69) is 20.8 Å². The fraction of sp³-hybridized carbons (Fsp3) is 1.00. The van der Waals surface area contributed by atoms with Gasteiger partial charge in [-0.05, 0) is 18.3 Å². The van der Waals surface area contributed by atoms with Gasteiger partial charge in [0, 0.05) is 12.6 Å². The Kier molecular flexibility index (Phi) is 2.55. The molecule has 1 rings (SSSR count). The molecule has 0 aromatic rings. The van der Waals surface area contributed by atoms with E-state index in [1.54, 1.807) is 0 Å². The zero-order valence-corrected chi connectivity index (χ0v) is 7.76. The summed E-state index contributed by atoms with van der Waals surface area (Å²) in [6.45, 7) is 7.45. The summed E-state index contributed by atoms with van der Waals surface area (Å²) in [6, 6.07) is 0.355. The van der Waals surface area contributed by atoms with Gasteiger partial charge in [-0.15, -0.1) is 0 Å². The summed E-state index contributed by atoms with van der Waals surface area (Å²) in [7, 11) is 0. The minimum atomic E-state index is 0.248. The summed E-state index contributed by atoms with van der Waals surface area (Å²) in [5.41, 5.74) is 6.09. The molecule has 1 saturated heterocycles. The molecule has 1 aliphatic heterocycles. The Morgan fingerprint density at radius 3 is 2.36 bits per heavy atom. The summed E-state index contributed by atoms with van der Waals surface area (Å²) >= 11 is 0. The SMILES string of the molecule is CC(C)(C)[C@@H]1C[C@@H](N)CCO1. The van der Waals surface area contributed by atoms with Crippen LogP contribution >= 0.6 is 0 Å². The van der Waals surface area contributed by atoms with E-state index in [4.69, 9.17) is 10.5 Å². The van der Waals surface area contributed by atoms with Crippen molar-refractivity contribution in [1.29, 1.82) is 0 Å². The molecular weight excluding hydrogens is 138 g/mol. The molecule has 11 heavy (non-hydrogen) atoms. The van der Waals surface area contributed by atoms with Crippen LogP contribution in [0.15, 0.2) is 0 Å². The molecule has 66 valence electrons. The molecule has 2 heteroatoms. The minimum Gasteiger partial charge on any atom is -0.378 e. The number of ether oxygens (including phenoxy) is 1. The average molecular weight is 157 g/mol. The van der Waals surface area contributed by atoms with Crippen molar-refractivity contribution in [2.45, 2.75) is 45.8 Å². The van der Waals surface area contributed by atoms with Crippen molar-refractivity contribution in [2.75, 3.05) is 6.61 Å². The van der Waals surface area contributed by atoms with Crippen LogP contribution in [0, 0.1) is 5.41 Å². The fourth-order valence-electron chi connectivity index (χ4n) is 1.43. The quantitative estimate of drug-likeness (QED) is 0.579. The summed E-state index contributed by atoms with van der Waals surface area (Å²) in [4.78, 5) is 0. The Morgan fingerprint density at radius 2 is 2.00 bits per heavy atom. The Hall–Kier alpha value is -0.0800. The number of hydrogen-bond acceptors (Lipinski definition) is 2. The van der Waals surface area contributed by atoms with Gasteiger partial charge in [-0.1, -0.05) is 20.8 Å². The van der Waals surface area contributed by atoms with Gasteiger partial charge in [0.05, 0.1) is 6.10 Å². The average Bonchev–Trinajstić information content (AvgIpc) is 1.86. The second-order valence-corrected chi connectivity index (χ2v) is 4.51. The van der Waals surface area contributed by atoms with Crippen molar-refractivity contribution in [1.82, 2.24) is 0 Å². The highest BCUT2D eigenvalue weighted by Gasteiger charge is 2.29. The molecule has 1 aliphatic rings. The highest BCUT2D eigenvalue weighted by molar-refractivity contribution is 4.82. The van der Waals surface area contributed by atoms with Gasteiger partial charge in [0.1, 0.15) is 0 Å². The van der Waals surface area contributed by atoms with E-state index < -0.39 is 0 Å². The maximum Gasteiger partial charge on any atom is 0.0638 e. The fourth-order valence-corrected chi connectivity index (χ4v) is 1.43. The molecule has 0 aromatic heterocycles. The highest BCUT2D eigenvalue weighted by Crippen LogP contribution is 2.28. The van der Waals surface area contributed by atoms with Crippen LogP contribution in [0.2, 0.25) is 0 Å². The van der Waals surface area contributed by atoms with E-state index in [0.717, 1.165) is 19.4 Å². The zero-order valence-electron chi connectivity index (χ0n) is 7.76. The van der Waals surface area contributed by atoms with Crippen molar-refractivity contribution in [3.8, 4) is 0 Å². The first-order chi connectivity index (χ1) is 5.00. The zero-order chi connectivity index (χ0) is 8.48. The molecule has 2 N–H and O–H groups in total. The number of rotatable bonds is 0. The van der Waals surface area contributed by atoms with Crippen LogP contribution in [0.5, 0.6) is 0 Å². The van der Waals surface area contributed by atoms with E-state index in [9.17, 15) is 0 Å². The van der Waals surface area contributed by atoms with Crippen molar-refractivity contribution in [3.05, 3.63) is 0 Å². The monoisotopic (exact) mass is 157 g/mol. The summed E-state index contributed by atoms with van der Waals surface area (Å²) in [5, 5.41) is 0. The van der Waals surface area contributed by atoms with E-state index in [1.165, 1.54) is 0 Å². The Bertz CT molecular complexity index is 128.